The van der Waals surface area contributed by atoms with Crippen LogP contribution in [0.25, 0.3) is 0 Å². The van der Waals surface area contributed by atoms with Crippen LogP contribution in [0.2, 0.25) is 5.02 Å². The molecule has 0 unspecified atom stereocenters. The van der Waals surface area contributed by atoms with E-state index in [9.17, 15) is 17.6 Å². The van der Waals surface area contributed by atoms with Crippen LogP contribution in [-0.4, -0.2) is 31.1 Å². The molecule has 1 aliphatic rings. The van der Waals surface area contributed by atoms with Gasteiger partial charge in [-0.05, 0) is 17.5 Å². The molecule has 1 aromatic carbocycles. The van der Waals surface area contributed by atoms with Gasteiger partial charge in [-0.1, -0.05) is 32.4 Å². The SMILES string of the molecule is CC(C)(C)[C@@H](c1c(C(F)(F)F)ccc(Cl)c1F)N1CCNCC1. The molecule has 0 bridgehead atoms. The van der Waals surface area contributed by atoms with Gasteiger partial charge in [0.05, 0.1) is 10.6 Å². The molecule has 1 atom stereocenters. The normalized spacial score (nSPS) is 19.0. The van der Waals surface area contributed by atoms with Crippen LogP contribution >= 0.6 is 11.6 Å². The summed E-state index contributed by atoms with van der Waals surface area (Å²) in [7, 11) is 0. The fourth-order valence-corrected chi connectivity index (χ4v) is 3.35. The summed E-state index contributed by atoms with van der Waals surface area (Å²) in [5, 5.41) is 2.88. The van der Waals surface area contributed by atoms with Gasteiger partial charge >= 0.3 is 6.18 Å². The van der Waals surface area contributed by atoms with Crippen LogP contribution in [0.3, 0.4) is 0 Å². The van der Waals surface area contributed by atoms with E-state index in [0.717, 1.165) is 12.1 Å². The molecular weight excluding hydrogens is 332 g/mol. The van der Waals surface area contributed by atoms with Crippen molar-refractivity contribution in [2.45, 2.75) is 33.0 Å². The highest BCUT2D eigenvalue weighted by atomic mass is 35.5. The van der Waals surface area contributed by atoms with Crippen molar-refractivity contribution in [3.63, 3.8) is 0 Å². The third-order valence-corrected chi connectivity index (χ3v) is 4.34. The Hall–Kier alpha value is -0.850. The summed E-state index contributed by atoms with van der Waals surface area (Å²) in [4.78, 5) is 1.90. The second kappa shape index (κ2) is 6.57. The Bertz CT molecular complexity index is 560. The zero-order valence-corrected chi connectivity index (χ0v) is 14.2. The van der Waals surface area contributed by atoms with Crippen molar-refractivity contribution in [2.75, 3.05) is 26.2 Å². The number of benzene rings is 1. The average molecular weight is 353 g/mol. The van der Waals surface area contributed by atoms with Gasteiger partial charge in [0.2, 0.25) is 0 Å². The predicted octanol–water partition coefficient (Wildman–Crippen LogP) is 4.49. The molecule has 23 heavy (non-hydrogen) atoms. The molecule has 1 saturated heterocycles. The van der Waals surface area contributed by atoms with E-state index in [-0.39, 0.29) is 10.6 Å². The van der Waals surface area contributed by atoms with E-state index < -0.39 is 29.0 Å². The largest absolute Gasteiger partial charge is 0.416 e. The van der Waals surface area contributed by atoms with Gasteiger partial charge in [-0.25, -0.2) is 4.39 Å². The lowest BCUT2D eigenvalue weighted by molar-refractivity contribution is -0.139. The minimum absolute atomic E-state index is 0.280. The second-order valence-corrected chi connectivity index (χ2v) is 7.28. The van der Waals surface area contributed by atoms with Crippen LogP contribution in [0.1, 0.15) is 37.9 Å². The van der Waals surface area contributed by atoms with Crippen molar-refractivity contribution in [3.8, 4) is 0 Å². The third-order valence-electron chi connectivity index (χ3n) is 4.05. The van der Waals surface area contributed by atoms with Gasteiger partial charge < -0.3 is 5.32 Å². The number of hydrogen-bond acceptors (Lipinski definition) is 2. The van der Waals surface area contributed by atoms with E-state index in [4.69, 9.17) is 11.6 Å². The first-order valence-electron chi connectivity index (χ1n) is 7.53. The van der Waals surface area contributed by atoms with E-state index in [2.05, 4.69) is 5.32 Å². The smallest absolute Gasteiger partial charge is 0.314 e. The van der Waals surface area contributed by atoms with Gasteiger partial charge in [-0.3, -0.25) is 4.90 Å². The first-order valence-corrected chi connectivity index (χ1v) is 7.91. The molecule has 2 nitrogen and oxygen atoms in total. The van der Waals surface area contributed by atoms with Crippen LogP contribution in [0, 0.1) is 11.2 Å². The van der Waals surface area contributed by atoms with E-state index in [0.29, 0.717) is 26.2 Å². The molecule has 0 aliphatic carbocycles. The molecule has 0 radical (unpaired) electrons. The molecule has 0 amide bonds. The maximum absolute atomic E-state index is 14.7. The number of nitrogens with one attached hydrogen (secondary N) is 1. The van der Waals surface area contributed by atoms with Crippen LogP contribution in [-0.2, 0) is 6.18 Å². The lowest BCUT2D eigenvalue weighted by Gasteiger charge is -2.43. The molecule has 1 aromatic rings. The summed E-state index contributed by atoms with van der Waals surface area (Å²) >= 11 is 5.80. The Morgan fingerprint density at radius 2 is 1.70 bits per heavy atom. The average Bonchev–Trinajstić information content (AvgIpc) is 2.42. The van der Waals surface area contributed by atoms with Gasteiger partial charge in [-0.15, -0.1) is 0 Å². The number of piperazine rings is 1. The fraction of sp³-hybridized carbons (Fsp3) is 0.625. The summed E-state index contributed by atoms with van der Waals surface area (Å²) in [6, 6.07) is 1.14. The van der Waals surface area contributed by atoms with E-state index in [1.807, 2.05) is 25.7 Å². The Morgan fingerprint density at radius 1 is 1.13 bits per heavy atom. The van der Waals surface area contributed by atoms with Crippen molar-refractivity contribution in [2.24, 2.45) is 5.41 Å². The predicted molar refractivity (Wildman–Crippen MR) is 83.1 cm³/mol. The number of halogens is 5. The number of alkyl halides is 3. The van der Waals surface area contributed by atoms with Gasteiger partial charge in [0.15, 0.2) is 0 Å². The number of rotatable bonds is 2. The zero-order valence-electron chi connectivity index (χ0n) is 13.4. The maximum Gasteiger partial charge on any atom is 0.416 e. The van der Waals surface area contributed by atoms with Crippen molar-refractivity contribution in [3.05, 3.63) is 34.1 Å². The molecule has 1 aliphatic heterocycles. The summed E-state index contributed by atoms with van der Waals surface area (Å²) in [6.45, 7) is 7.91. The second-order valence-electron chi connectivity index (χ2n) is 6.87. The zero-order chi connectivity index (χ0) is 17.4. The molecule has 0 spiro atoms. The lowest BCUT2D eigenvalue weighted by Crippen LogP contribution is -2.49. The van der Waals surface area contributed by atoms with Crippen molar-refractivity contribution in [1.29, 1.82) is 0 Å². The first kappa shape index (κ1) is 18.5. The van der Waals surface area contributed by atoms with Crippen LogP contribution in [0.4, 0.5) is 17.6 Å². The summed E-state index contributed by atoms with van der Waals surface area (Å²) < 4.78 is 55.0. The van der Waals surface area contributed by atoms with Gasteiger partial charge in [-0.2, -0.15) is 13.2 Å². The highest BCUT2D eigenvalue weighted by Gasteiger charge is 2.43. The Kier molecular flexibility index (Phi) is 5.28. The van der Waals surface area contributed by atoms with Crippen LogP contribution in [0.5, 0.6) is 0 Å². The molecule has 0 aromatic heterocycles. The van der Waals surface area contributed by atoms with Crippen molar-refractivity contribution >= 4 is 11.6 Å². The van der Waals surface area contributed by atoms with E-state index in [1.54, 1.807) is 0 Å². The van der Waals surface area contributed by atoms with E-state index in [1.165, 1.54) is 0 Å². The third kappa shape index (κ3) is 3.98. The topological polar surface area (TPSA) is 15.3 Å². The highest BCUT2D eigenvalue weighted by Crippen LogP contribution is 2.46. The molecular formula is C16H21ClF4N2. The first-order chi connectivity index (χ1) is 10.5. The quantitative estimate of drug-likeness (QED) is 0.789. The summed E-state index contributed by atoms with van der Waals surface area (Å²) in [6.07, 6.45) is -4.63. The molecule has 7 heteroatoms. The van der Waals surface area contributed by atoms with Gasteiger partial charge in [0, 0.05) is 37.8 Å². The van der Waals surface area contributed by atoms with Crippen molar-refractivity contribution in [1.82, 2.24) is 10.2 Å². The summed E-state index contributed by atoms with van der Waals surface area (Å²) in [5.41, 5.74) is -1.87. The fourth-order valence-electron chi connectivity index (χ4n) is 3.18. The lowest BCUT2D eigenvalue weighted by atomic mass is 9.79. The van der Waals surface area contributed by atoms with E-state index >= 15 is 0 Å². The Labute approximate surface area is 138 Å². The van der Waals surface area contributed by atoms with Crippen LogP contribution < -0.4 is 5.32 Å². The highest BCUT2D eigenvalue weighted by molar-refractivity contribution is 6.30. The molecule has 1 fully saturated rings. The van der Waals surface area contributed by atoms with Gasteiger partial charge in [0.1, 0.15) is 5.82 Å². The molecule has 1 N–H and O–H groups in total. The standard InChI is InChI=1S/C16H21ClF4N2/c1-15(2,3)14(23-8-6-22-7-9-23)12-10(16(19,20)21)4-5-11(17)13(12)18/h4-5,14,22H,6-9H2,1-3H3/t14-/m1/s1. The number of hydrogen-bond donors (Lipinski definition) is 1. The van der Waals surface area contributed by atoms with Crippen molar-refractivity contribution < 1.29 is 17.6 Å². The molecule has 0 saturated carbocycles. The maximum atomic E-state index is 14.7. The Morgan fingerprint density at radius 3 is 2.17 bits per heavy atom. The number of nitrogens with zero attached hydrogens (tertiary/aromatic N) is 1. The Balaban J connectivity index is 2.64. The minimum atomic E-state index is -4.63. The molecule has 2 rings (SSSR count). The monoisotopic (exact) mass is 352 g/mol. The summed E-state index contributed by atoms with van der Waals surface area (Å²) in [5.74, 6) is -0.972. The molecule has 130 valence electrons. The molecule has 1 heterocycles. The minimum Gasteiger partial charge on any atom is -0.314 e. The van der Waals surface area contributed by atoms with Crippen LogP contribution in [0.15, 0.2) is 12.1 Å². The van der Waals surface area contributed by atoms with Gasteiger partial charge in [0.25, 0.3) is 0 Å².